The molecule has 0 bridgehead atoms. The van der Waals surface area contributed by atoms with Crippen LogP contribution in [0.4, 0.5) is 0 Å². The van der Waals surface area contributed by atoms with E-state index in [2.05, 4.69) is 5.32 Å². The van der Waals surface area contributed by atoms with Crippen molar-refractivity contribution in [3.8, 4) is 0 Å². The van der Waals surface area contributed by atoms with Gasteiger partial charge < -0.3 is 9.88 Å². The summed E-state index contributed by atoms with van der Waals surface area (Å²) in [5.41, 5.74) is 1.75. The molecule has 1 aliphatic heterocycles. The average Bonchev–Trinajstić information content (AvgIpc) is 2.71. The number of para-hydroxylation sites is 1. The normalized spacial score (nSPS) is 24.0. The van der Waals surface area contributed by atoms with Crippen LogP contribution in [0, 0.1) is 6.92 Å². The third-order valence-electron chi connectivity index (χ3n) is 4.46. The SMILES string of the molecule is Cc1c(S(=O)(=O)N2CC(C)NC(C)C2)c2ccccc2n1C. The number of rotatable bonds is 2. The molecule has 0 saturated carbocycles. The summed E-state index contributed by atoms with van der Waals surface area (Å²) < 4.78 is 30.0. The number of piperazine rings is 1. The summed E-state index contributed by atoms with van der Waals surface area (Å²) in [4.78, 5) is 0.451. The lowest BCUT2D eigenvalue weighted by molar-refractivity contribution is 0.263. The van der Waals surface area contributed by atoms with E-state index in [0.29, 0.717) is 18.0 Å². The van der Waals surface area contributed by atoms with Crippen molar-refractivity contribution in [3.05, 3.63) is 30.0 Å². The number of benzene rings is 1. The van der Waals surface area contributed by atoms with Gasteiger partial charge >= 0.3 is 0 Å². The van der Waals surface area contributed by atoms with Gasteiger partial charge in [0.05, 0.1) is 0 Å². The first-order chi connectivity index (χ1) is 10.3. The molecule has 5 nitrogen and oxygen atoms in total. The molecule has 1 aromatic heterocycles. The smallest absolute Gasteiger partial charge is 0.245 e. The lowest BCUT2D eigenvalue weighted by Crippen LogP contribution is -2.55. The first kappa shape index (κ1) is 15.5. The second-order valence-electron chi connectivity index (χ2n) is 6.28. The minimum atomic E-state index is -3.49. The fourth-order valence-corrected chi connectivity index (χ4v) is 5.47. The molecule has 0 aliphatic carbocycles. The maximum Gasteiger partial charge on any atom is 0.245 e. The fraction of sp³-hybridized carbons (Fsp3) is 0.500. The average molecular weight is 321 g/mol. The van der Waals surface area contributed by atoms with Gasteiger partial charge in [-0.05, 0) is 26.8 Å². The lowest BCUT2D eigenvalue weighted by Gasteiger charge is -2.35. The molecule has 1 saturated heterocycles. The molecular weight excluding hydrogens is 298 g/mol. The Morgan fingerprint density at radius 2 is 1.73 bits per heavy atom. The van der Waals surface area contributed by atoms with Crippen LogP contribution in [0.25, 0.3) is 10.9 Å². The van der Waals surface area contributed by atoms with Gasteiger partial charge in [-0.3, -0.25) is 0 Å². The van der Waals surface area contributed by atoms with E-state index in [4.69, 9.17) is 0 Å². The summed E-state index contributed by atoms with van der Waals surface area (Å²) in [6.07, 6.45) is 0. The molecule has 1 aliphatic rings. The van der Waals surface area contributed by atoms with Crippen molar-refractivity contribution in [1.82, 2.24) is 14.2 Å². The zero-order chi connectivity index (χ0) is 16.1. The van der Waals surface area contributed by atoms with Crippen LogP contribution >= 0.6 is 0 Å². The second kappa shape index (κ2) is 5.37. The molecule has 3 rings (SSSR count). The molecule has 0 radical (unpaired) electrons. The number of hydrogen-bond acceptors (Lipinski definition) is 3. The van der Waals surface area contributed by atoms with Gasteiger partial charge in [0.15, 0.2) is 0 Å². The van der Waals surface area contributed by atoms with Gasteiger partial charge in [0.1, 0.15) is 4.90 Å². The molecule has 120 valence electrons. The number of fused-ring (bicyclic) bond motifs is 1. The first-order valence-electron chi connectivity index (χ1n) is 7.62. The van der Waals surface area contributed by atoms with E-state index < -0.39 is 10.0 Å². The zero-order valence-corrected chi connectivity index (χ0v) is 14.3. The Bertz CT molecular complexity index is 800. The molecule has 22 heavy (non-hydrogen) atoms. The third kappa shape index (κ3) is 2.35. The highest BCUT2D eigenvalue weighted by Crippen LogP contribution is 2.31. The van der Waals surface area contributed by atoms with Crippen molar-refractivity contribution in [2.24, 2.45) is 7.05 Å². The topological polar surface area (TPSA) is 54.3 Å². The Morgan fingerprint density at radius 1 is 1.14 bits per heavy atom. The summed E-state index contributed by atoms with van der Waals surface area (Å²) in [7, 11) is -1.58. The van der Waals surface area contributed by atoms with Gasteiger partial charge in [-0.1, -0.05) is 18.2 Å². The van der Waals surface area contributed by atoms with Crippen molar-refractivity contribution in [2.75, 3.05) is 13.1 Å². The summed E-state index contributed by atoms with van der Waals surface area (Å²) in [5.74, 6) is 0. The molecule has 0 spiro atoms. The lowest BCUT2D eigenvalue weighted by atomic mass is 10.2. The van der Waals surface area contributed by atoms with Crippen LogP contribution in [-0.2, 0) is 17.1 Å². The van der Waals surface area contributed by atoms with Gasteiger partial charge in [0.2, 0.25) is 10.0 Å². The fourth-order valence-electron chi connectivity index (χ4n) is 3.41. The highest BCUT2D eigenvalue weighted by atomic mass is 32.2. The Hall–Kier alpha value is -1.37. The molecule has 2 atom stereocenters. The number of sulfonamides is 1. The Kier molecular flexibility index (Phi) is 3.79. The van der Waals surface area contributed by atoms with Crippen molar-refractivity contribution >= 4 is 20.9 Å². The third-order valence-corrected chi connectivity index (χ3v) is 6.47. The molecule has 2 unspecified atom stereocenters. The largest absolute Gasteiger partial charge is 0.347 e. The first-order valence-corrected chi connectivity index (χ1v) is 9.06. The minimum absolute atomic E-state index is 0.161. The monoisotopic (exact) mass is 321 g/mol. The van der Waals surface area contributed by atoms with Gasteiger partial charge in [-0.2, -0.15) is 4.31 Å². The van der Waals surface area contributed by atoms with E-state index >= 15 is 0 Å². The van der Waals surface area contributed by atoms with E-state index in [1.54, 1.807) is 4.31 Å². The van der Waals surface area contributed by atoms with Gasteiger partial charge in [-0.15, -0.1) is 0 Å². The van der Waals surface area contributed by atoms with E-state index in [9.17, 15) is 8.42 Å². The van der Waals surface area contributed by atoms with Crippen molar-refractivity contribution < 1.29 is 8.42 Å². The molecular formula is C16H23N3O2S. The molecule has 0 amide bonds. The molecule has 1 fully saturated rings. The summed E-state index contributed by atoms with van der Waals surface area (Å²) in [6, 6.07) is 8.01. The van der Waals surface area contributed by atoms with Crippen molar-refractivity contribution in [3.63, 3.8) is 0 Å². The molecule has 1 aromatic carbocycles. The molecule has 6 heteroatoms. The predicted molar refractivity (Wildman–Crippen MR) is 88.5 cm³/mol. The van der Waals surface area contributed by atoms with E-state index in [1.165, 1.54) is 0 Å². The van der Waals surface area contributed by atoms with E-state index in [0.717, 1.165) is 16.6 Å². The van der Waals surface area contributed by atoms with Crippen LogP contribution in [0.2, 0.25) is 0 Å². The summed E-state index contributed by atoms with van der Waals surface area (Å²) in [6.45, 7) is 6.94. The van der Waals surface area contributed by atoms with E-state index in [1.807, 2.05) is 56.7 Å². The minimum Gasteiger partial charge on any atom is -0.347 e. The number of hydrogen-bond donors (Lipinski definition) is 1. The van der Waals surface area contributed by atoms with Crippen LogP contribution in [0.15, 0.2) is 29.2 Å². The summed E-state index contributed by atoms with van der Waals surface area (Å²) >= 11 is 0. The van der Waals surface area contributed by atoms with Crippen LogP contribution in [-0.4, -0.2) is 42.5 Å². The van der Waals surface area contributed by atoms with Crippen LogP contribution < -0.4 is 5.32 Å². The second-order valence-corrected chi connectivity index (χ2v) is 8.16. The van der Waals surface area contributed by atoms with Gasteiger partial charge in [0.25, 0.3) is 0 Å². The van der Waals surface area contributed by atoms with Crippen molar-refractivity contribution in [2.45, 2.75) is 37.8 Å². The Morgan fingerprint density at radius 3 is 2.36 bits per heavy atom. The summed E-state index contributed by atoms with van der Waals surface area (Å²) in [5, 5.41) is 4.19. The van der Waals surface area contributed by atoms with Gasteiger partial charge in [0, 0.05) is 48.8 Å². The Labute approximate surface area is 132 Å². The number of aryl methyl sites for hydroxylation is 1. The quantitative estimate of drug-likeness (QED) is 0.918. The Balaban J connectivity index is 2.16. The maximum atomic E-state index is 13.2. The number of aromatic nitrogens is 1. The number of nitrogens with zero attached hydrogens (tertiary/aromatic N) is 2. The van der Waals surface area contributed by atoms with Crippen LogP contribution in [0.1, 0.15) is 19.5 Å². The van der Waals surface area contributed by atoms with Gasteiger partial charge in [-0.25, -0.2) is 8.42 Å². The molecule has 2 heterocycles. The van der Waals surface area contributed by atoms with Crippen molar-refractivity contribution in [1.29, 1.82) is 0 Å². The zero-order valence-electron chi connectivity index (χ0n) is 13.5. The highest BCUT2D eigenvalue weighted by molar-refractivity contribution is 7.89. The molecule has 2 aromatic rings. The number of nitrogens with one attached hydrogen (secondary N) is 1. The maximum absolute atomic E-state index is 13.2. The standard InChI is InChI=1S/C16H23N3O2S/c1-11-9-19(10-12(2)17-11)22(20,21)16-13(3)18(4)15-8-6-5-7-14(15)16/h5-8,11-12,17H,9-10H2,1-4H3. The predicted octanol–water partition coefficient (Wildman–Crippen LogP) is 1.86. The molecule has 1 N–H and O–H groups in total. The van der Waals surface area contributed by atoms with Crippen LogP contribution in [0.5, 0.6) is 0 Å². The van der Waals surface area contributed by atoms with Crippen LogP contribution in [0.3, 0.4) is 0 Å². The van der Waals surface area contributed by atoms with E-state index in [-0.39, 0.29) is 12.1 Å². The highest BCUT2D eigenvalue weighted by Gasteiger charge is 2.34.